The predicted octanol–water partition coefficient (Wildman–Crippen LogP) is 4.08. The van der Waals surface area contributed by atoms with Crippen LogP contribution in [0.4, 0.5) is 36.2 Å². The maximum Gasteiger partial charge on any atom is 0.573 e. The SMILES string of the molecule is CC1CCCCN1c1ncnc(Nc2ccc(OC(F)(F)F)cc2)c1N. The van der Waals surface area contributed by atoms with Crippen molar-refractivity contribution in [1.82, 2.24) is 9.97 Å². The molecular formula is C17H20F3N5O. The quantitative estimate of drug-likeness (QED) is 0.848. The lowest BCUT2D eigenvalue weighted by molar-refractivity contribution is -0.274. The van der Waals surface area contributed by atoms with Crippen LogP contribution in [0, 0.1) is 0 Å². The van der Waals surface area contributed by atoms with Crippen molar-refractivity contribution in [2.45, 2.75) is 38.6 Å². The smallest absolute Gasteiger partial charge is 0.406 e. The van der Waals surface area contributed by atoms with Gasteiger partial charge in [0.1, 0.15) is 17.8 Å². The molecule has 0 spiro atoms. The Balaban J connectivity index is 1.77. The molecule has 1 unspecified atom stereocenters. The van der Waals surface area contributed by atoms with Crippen LogP contribution in [0.15, 0.2) is 30.6 Å². The van der Waals surface area contributed by atoms with Gasteiger partial charge in [-0.2, -0.15) is 0 Å². The minimum absolute atomic E-state index is 0.290. The van der Waals surface area contributed by atoms with Crippen LogP contribution >= 0.6 is 0 Å². The number of nitrogen functional groups attached to an aromatic ring is 1. The number of halogens is 3. The van der Waals surface area contributed by atoms with Gasteiger partial charge >= 0.3 is 6.36 Å². The molecule has 2 aromatic rings. The summed E-state index contributed by atoms with van der Waals surface area (Å²) in [4.78, 5) is 10.6. The molecule has 2 heterocycles. The molecule has 0 radical (unpaired) electrons. The van der Waals surface area contributed by atoms with Crippen LogP contribution in [-0.4, -0.2) is 28.9 Å². The standard InChI is InChI=1S/C17H20F3N5O/c1-11-4-2-3-9-25(11)16-14(21)15(22-10-23-16)24-12-5-7-13(8-6-12)26-17(18,19)20/h5-8,10-11H,2-4,9,21H2,1H3,(H,22,23,24). The minimum Gasteiger partial charge on any atom is -0.406 e. The van der Waals surface area contributed by atoms with Crippen molar-refractivity contribution >= 4 is 23.0 Å². The number of anilines is 4. The van der Waals surface area contributed by atoms with E-state index in [-0.39, 0.29) is 5.75 Å². The number of aromatic nitrogens is 2. The van der Waals surface area contributed by atoms with Crippen LogP contribution in [0.3, 0.4) is 0 Å². The summed E-state index contributed by atoms with van der Waals surface area (Å²) in [6, 6.07) is 5.71. The molecule has 1 aromatic heterocycles. The van der Waals surface area contributed by atoms with Gasteiger partial charge in [0.05, 0.1) is 0 Å². The molecule has 6 nitrogen and oxygen atoms in total. The predicted molar refractivity (Wildman–Crippen MR) is 93.5 cm³/mol. The maximum absolute atomic E-state index is 12.2. The van der Waals surface area contributed by atoms with Gasteiger partial charge in [-0.15, -0.1) is 13.2 Å². The van der Waals surface area contributed by atoms with E-state index in [1.807, 2.05) is 0 Å². The third kappa shape index (κ3) is 4.27. The molecule has 1 fully saturated rings. The van der Waals surface area contributed by atoms with Crippen molar-refractivity contribution in [2.24, 2.45) is 0 Å². The highest BCUT2D eigenvalue weighted by molar-refractivity contribution is 5.78. The van der Waals surface area contributed by atoms with Gasteiger partial charge in [0, 0.05) is 18.3 Å². The molecule has 0 bridgehead atoms. The van der Waals surface area contributed by atoms with Crippen LogP contribution in [0.5, 0.6) is 5.75 Å². The van der Waals surface area contributed by atoms with E-state index in [1.54, 1.807) is 0 Å². The molecule has 1 aromatic carbocycles. The topological polar surface area (TPSA) is 76.3 Å². The van der Waals surface area contributed by atoms with Crippen molar-refractivity contribution in [3.05, 3.63) is 30.6 Å². The van der Waals surface area contributed by atoms with Gasteiger partial charge in [-0.1, -0.05) is 0 Å². The lowest BCUT2D eigenvalue weighted by atomic mass is 10.0. The van der Waals surface area contributed by atoms with Crippen LogP contribution in [-0.2, 0) is 0 Å². The second kappa shape index (κ2) is 7.27. The summed E-state index contributed by atoms with van der Waals surface area (Å²) in [5.74, 6) is 0.797. The van der Waals surface area contributed by atoms with Crippen molar-refractivity contribution in [3.8, 4) is 5.75 Å². The van der Waals surface area contributed by atoms with Gasteiger partial charge in [0.2, 0.25) is 0 Å². The first-order valence-electron chi connectivity index (χ1n) is 8.33. The summed E-state index contributed by atoms with van der Waals surface area (Å²) in [5, 5.41) is 3.02. The number of rotatable bonds is 4. The van der Waals surface area contributed by atoms with Crippen molar-refractivity contribution < 1.29 is 17.9 Å². The third-order valence-electron chi connectivity index (χ3n) is 4.29. The van der Waals surface area contributed by atoms with Gasteiger partial charge in [-0.25, -0.2) is 9.97 Å². The number of nitrogens with zero attached hydrogens (tertiary/aromatic N) is 3. The first-order valence-corrected chi connectivity index (χ1v) is 8.33. The van der Waals surface area contributed by atoms with E-state index in [4.69, 9.17) is 5.73 Å². The number of hydrogen-bond donors (Lipinski definition) is 2. The first-order chi connectivity index (χ1) is 12.3. The van der Waals surface area contributed by atoms with Crippen LogP contribution in [0.1, 0.15) is 26.2 Å². The molecular weight excluding hydrogens is 347 g/mol. The molecule has 0 aliphatic carbocycles. The second-order valence-corrected chi connectivity index (χ2v) is 6.19. The van der Waals surface area contributed by atoms with Crippen molar-refractivity contribution in [2.75, 3.05) is 22.5 Å². The summed E-state index contributed by atoms with van der Waals surface area (Å²) < 4.78 is 40.5. The zero-order valence-electron chi connectivity index (χ0n) is 14.3. The molecule has 26 heavy (non-hydrogen) atoms. The lowest BCUT2D eigenvalue weighted by Crippen LogP contribution is -2.38. The number of nitrogens with one attached hydrogen (secondary N) is 1. The molecule has 0 amide bonds. The molecule has 3 N–H and O–H groups in total. The van der Waals surface area contributed by atoms with Crippen LogP contribution in [0.2, 0.25) is 0 Å². The fourth-order valence-electron chi connectivity index (χ4n) is 3.00. The largest absolute Gasteiger partial charge is 0.573 e. The number of nitrogens with two attached hydrogens (primary N) is 1. The van der Waals surface area contributed by atoms with E-state index in [2.05, 4.69) is 31.8 Å². The highest BCUT2D eigenvalue weighted by Crippen LogP contribution is 2.32. The number of ether oxygens (including phenoxy) is 1. The molecule has 9 heteroatoms. The Kier molecular flexibility index (Phi) is 5.06. The van der Waals surface area contributed by atoms with E-state index >= 15 is 0 Å². The molecule has 140 valence electrons. The van der Waals surface area contributed by atoms with Crippen LogP contribution < -0.4 is 20.7 Å². The number of alkyl halides is 3. The Morgan fingerprint density at radius 3 is 2.58 bits per heavy atom. The molecule has 1 aliphatic rings. The Labute approximate surface area is 149 Å². The lowest BCUT2D eigenvalue weighted by Gasteiger charge is -2.35. The molecule has 0 saturated carbocycles. The van der Waals surface area contributed by atoms with Crippen molar-refractivity contribution in [1.29, 1.82) is 0 Å². The van der Waals surface area contributed by atoms with Gasteiger partial charge < -0.3 is 20.7 Å². The van der Waals surface area contributed by atoms with Gasteiger partial charge in [0.25, 0.3) is 0 Å². The fourth-order valence-corrected chi connectivity index (χ4v) is 3.00. The van der Waals surface area contributed by atoms with E-state index in [0.717, 1.165) is 19.4 Å². The molecule has 1 aliphatic heterocycles. The van der Waals surface area contributed by atoms with E-state index in [0.29, 0.717) is 29.1 Å². The second-order valence-electron chi connectivity index (χ2n) is 6.19. The summed E-state index contributed by atoms with van der Waals surface area (Å²) in [6.45, 7) is 3.01. The molecule has 3 rings (SSSR count). The van der Waals surface area contributed by atoms with Crippen molar-refractivity contribution in [3.63, 3.8) is 0 Å². The Morgan fingerprint density at radius 1 is 1.19 bits per heavy atom. The maximum atomic E-state index is 12.2. The molecule has 1 atom stereocenters. The fraction of sp³-hybridized carbons (Fsp3) is 0.412. The zero-order valence-corrected chi connectivity index (χ0v) is 14.3. The number of benzene rings is 1. The average molecular weight is 367 g/mol. The summed E-state index contributed by atoms with van der Waals surface area (Å²) >= 11 is 0. The Hall–Kier alpha value is -2.71. The highest BCUT2D eigenvalue weighted by Gasteiger charge is 2.31. The Morgan fingerprint density at radius 2 is 1.92 bits per heavy atom. The highest BCUT2D eigenvalue weighted by atomic mass is 19.4. The number of hydrogen-bond acceptors (Lipinski definition) is 6. The third-order valence-corrected chi connectivity index (χ3v) is 4.29. The van der Waals surface area contributed by atoms with E-state index in [1.165, 1.54) is 37.0 Å². The van der Waals surface area contributed by atoms with E-state index < -0.39 is 6.36 Å². The van der Waals surface area contributed by atoms with Gasteiger partial charge in [0.15, 0.2) is 11.6 Å². The Bertz CT molecular complexity index is 751. The first kappa shape index (κ1) is 18.1. The van der Waals surface area contributed by atoms with Gasteiger partial charge in [-0.05, 0) is 50.5 Å². The van der Waals surface area contributed by atoms with Crippen LogP contribution in [0.25, 0.3) is 0 Å². The summed E-state index contributed by atoms with van der Waals surface area (Å²) in [6.07, 6.45) is 0.0484. The van der Waals surface area contributed by atoms with E-state index in [9.17, 15) is 13.2 Å². The summed E-state index contributed by atoms with van der Waals surface area (Å²) in [7, 11) is 0. The van der Waals surface area contributed by atoms with Gasteiger partial charge in [-0.3, -0.25) is 0 Å². The minimum atomic E-state index is -4.72. The average Bonchev–Trinajstić information content (AvgIpc) is 2.58. The number of piperidine rings is 1. The summed E-state index contributed by atoms with van der Waals surface area (Å²) in [5.41, 5.74) is 7.19. The zero-order chi connectivity index (χ0) is 18.7. The monoisotopic (exact) mass is 367 g/mol. The molecule has 1 saturated heterocycles. The normalized spacial score (nSPS) is 17.8.